The van der Waals surface area contributed by atoms with Crippen molar-refractivity contribution in [3.8, 4) is 0 Å². The Balaban J connectivity index is 1.50. The second kappa shape index (κ2) is 39.2. The van der Waals surface area contributed by atoms with E-state index < -0.39 is 102 Å². The van der Waals surface area contributed by atoms with Crippen LogP contribution in [0.5, 0.6) is 0 Å². The SMILES string of the molecule is CC[C@H](C)[C@@H]([C@@H](CC(=O)N1C[C@@H](OC(=O)OCc2ccc(NC(=O)C(CCCNC(N)=O)NC(=O)[C@@H](NC(=O)CCCCCN3C(=O)C=CC3=O)C(C)C)cc2)C[C@H]1[C@H](OC)[C@@H](C)C(=O)NCC(=O)c1ccc(C)cc1C)OC)N(C)C(=O)[C@@H](NC(=O)[C@H](C(C)C)N(C)C)C(C)C. The van der Waals surface area contributed by atoms with Gasteiger partial charge in [-0.25, -0.2) is 9.59 Å². The van der Waals surface area contributed by atoms with Crippen LogP contribution in [0.25, 0.3) is 0 Å². The van der Waals surface area contributed by atoms with Crippen LogP contribution in [-0.2, 0) is 68.7 Å². The summed E-state index contributed by atoms with van der Waals surface area (Å²) in [5, 5.41) is 16.5. The van der Waals surface area contributed by atoms with Crippen LogP contribution in [-0.4, -0.2) is 207 Å². The van der Waals surface area contributed by atoms with Crippen LogP contribution in [0.15, 0.2) is 54.6 Å². The number of nitrogens with zero attached hydrogens (tertiary/aromatic N) is 4. The van der Waals surface area contributed by atoms with Gasteiger partial charge in [-0.3, -0.25) is 57.7 Å². The summed E-state index contributed by atoms with van der Waals surface area (Å²) in [4.78, 5) is 166. The zero-order valence-electron chi connectivity index (χ0n) is 59.6. The molecule has 11 amide bonds. The van der Waals surface area contributed by atoms with Crippen molar-refractivity contribution in [1.29, 1.82) is 0 Å². The molecular formula is C70H107N11O16. The number of benzene rings is 2. The molecule has 2 aliphatic rings. The first-order valence-electron chi connectivity index (χ1n) is 33.6. The number of hydrogen-bond acceptors (Lipinski definition) is 17. The monoisotopic (exact) mass is 1360 g/mol. The van der Waals surface area contributed by atoms with E-state index in [0.29, 0.717) is 42.5 Å². The number of urea groups is 1. The van der Waals surface area contributed by atoms with E-state index in [9.17, 15) is 52.7 Å². The first-order valence-corrected chi connectivity index (χ1v) is 33.6. The second-order valence-electron chi connectivity index (χ2n) is 26.7. The zero-order chi connectivity index (χ0) is 72.5. The van der Waals surface area contributed by atoms with E-state index in [1.165, 1.54) is 31.3 Å². The van der Waals surface area contributed by atoms with E-state index >= 15 is 4.79 Å². The lowest BCUT2D eigenvalue weighted by Crippen LogP contribution is -2.59. The van der Waals surface area contributed by atoms with Gasteiger partial charge in [-0.2, -0.15) is 0 Å². The number of Topliss-reactive ketones (excluding diaryl/α,β-unsaturated/α-hetero) is 1. The lowest BCUT2D eigenvalue weighted by molar-refractivity contribution is -0.148. The topological polar surface area (TPSA) is 353 Å². The molecule has 0 spiro atoms. The minimum Gasteiger partial charge on any atom is -0.429 e. The van der Waals surface area contributed by atoms with Crippen LogP contribution in [0.4, 0.5) is 15.3 Å². The highest BCUT2D eigenvalue weighted by Gasteiger charge is 2.47. The Bertz CT molecular complexity index is 3060. The fourth-order valence-corrected chi connectivity index (χ4v) is 12.5. The Morgan fingerprint density at radius 1 is 0.722 bits per heavy atom. The normalized spacial score (nSPS) is 17.4. The molecule has 2 aliphatic heterocycles. The molecule has 27 heteroatoms. The number of likely N-dealkylation sites (N-methyl/N-ethyl adjacent to an activating group) is 2. The molecule has 11 atom stereocenters. The smallest absolute Gasteiger partial charge is 0.429 e. The summed E-state index contributed by atoms with van der Waals surface area (Å²) < 4.78 is 23.7. The number of rotatable bonds is 39. The van der Waals surface area contributed by atoms with Crippen LogP contribution in [0, 0.1) is 43.4 Å². The molecule has 0 aliphatic carbocycles. The van der Waals surface area contributed by atoms with Crippen molar-refractivity contribution in [3.05, 3.63) is 76.9 Å². The Hall–Kier alpha value is -8.30. The lowest BCUT2D eigenvalue weighted by Gasteiger charge is -2.41. The minimum absolute atomic E-state index is 0.00231. The number of unbranched alkanes of at least 4 members (excludes halogenated alkanes) is 2. The fraction of sp³-hybridized carbons (Fsp3) is 0.629. The van der Waals surface area contributed by atoms with Gasteiger partial charge in [0.2, 0.25) is 41.4 Å². The summed E-state index contributed by atoms with van der Waals surface area (Å²) in [7, 11) is 8.11. The number of carbonyl (C=O) groups is 12. The molecule has 27 nitrogen and oxygen atoms in total. The third-order valence-corrected chi connectivity index (χ3v) is 18.0. The van der Waals surface area contributed by atoms with Gasteiger partial charge >= 0.3 is 12.2 Å². The lowest BCUT2D eigenvalue weighted by atomic mass is 9.89. The maximum absolute atomic E-state index is 15.1. The largest absolute Gasteiger partial charge is 0.508 e. The van der Waals surface area contributed by atoms with Crippen molar-refractivity contribution < 1.29 is 76.5 Å². The number of methoxy groups -OCH3 is 2. The second-order valence-corrected chi connectivity index (χ2v) is 26.7. The van der Waals surface area contributed by atoms with Crippen molar-refractivity contribution in [2.24, 2.45) is 35.3 Å². The molecule has 0 bridgehead atoms. The number of ketones is 1. The van der Waals surface area contributed by atoms with Crippen molar-refractivity contribution in [2.75, 3.05) is 66.9 Å². The quantitative estimate of drug-likeness (QED) is 0.0199. The van der Waals surface area contributed by atoms with Crippen LogP contribution >= 0.6 is 0 Å². The van der Waals surface area contributed by atoms with Gasteiger partial charge in [-0.1, -0.05) is 111 Å². The molecule has 97 heavy (non-hydrogen) atoms. The summed E-state index contributed by atoms with van der Waals surface area (Å²) in [5.41, 5.74) is 8.25. The predicted octanol–water partition coefficient (Wildman–Crippen LogP) is 5.08. The highest BCUT2D eigenvalue weighted by molar-refractivity contribution is 6.12. The zero-order valence-corrected chi connectivity index (χ0v) is 59.6. The van der Waals surface area contributed by atoms with Gasteiger partial charge in [-0.05, 0) is 101 Å². The minimum atomic E-state index is -1.13. The molecule has 4 rings (SSSR count). The number of nitrogens with one attached hydrogen (secondary N) is 6. The fourth-order valence-electron chi connectivity index (χ4n) is 12.5. The summed E-state index contributed by atoms with van der Waals surface area (Å²) >= 11 is 0. The summed E-state index contributed by atoms with van der Waals surface area (Å²) in [6.45, 7) is 19.9. The number of imide groups is 1. The average Bonchev–Trinajstić information content (AvgIpc) is 1.70. The van der Waals surface area contributed by atoms with Crippen molar-refractivity contribution in [2.45, 2.75) is 195 Å². The summed E-state index contributed by atoms with van der Waals surface area (Å²) in [5.74, 6) is -6.23. The number of hydrogen-bond donors (Lipinski definition) is 7. The molecule has 1 saturated heterocycles. The third-order valence-electron chi connectivity index (χ3n) is 18.0. The van der Waals surface area contributed by atoms with Gasteiger partial charge in [0.25, 0.3) is 11.8 Å². The summed E-state index contributed by atoms with van der Waals surface area (Å²) in [6, 6.07) is 5.81. The first kappa shape index (κ1) is 81.1. The third kappa shape index (κ3) is 24.3. The van der Waals surface area contributed by atoms with Crippen molar-refractivity contribution in [3.63, 3.8) is 0 Å². The highest BCUT2D eigenvalue weighted by atomic mass is 16.7. The molecule has 1 unspecified atom stereocenters. The van der Waals surface area contributed by atoms with Gasteiger partial charge in [0.1, 0.15) is 30.8 Å². The number of nitrogens with two attached hydrogens (primary N) is 1. The van der Waals surface area contributed by atoms with Crippen LogP contribution in [0.2, 0.25) is 0 Å². The van der Waals surface area contributed by atoms with Gasteiger partial charge in [-0.15, -0.1) is 0 Å². The van der Waals surface area contributed by atoms with Crippen LogP contribution < -0.4 is 37.6 Å². The van der Waals surface area contributed by atoms with E-state index in [1.807, 2.05) is 86.5 Å². The van der Waals surface area contributed by atoms with E-state index in [1.54, 1.807) is 63.1 Å². The molecule has 2 aromatic carbocycles. The van der Waals surface area contributed by atoms with Gasteiger partial charge < -0.3 is 66.4 Å². The highest BCUT2D eigenvalue weighted by Crippen LogP contribution is 2.32. The molecule has 8 N–H and O–H groups in total. The van der Waals surface area contributed by atoms with Gasteiger partial charge in [0, 0.05) is 70.6 Å². The number of amides is 11. The van der Waals surface area contributed by atoms with E-state index in [4.69, 9.17) is 24.7 Å². The molecule has 2 aromatic rings. The maximum Gasteiger partial charge on any atom is 0.508 e. The molecule has 0 radical (unpaired) electrons. The number of carbonyl (C=O) groups excluding carboxylic acids is 12. The van der Waals surface area contributed by atoms with Crippen molar-refractivity contribution >= 4 is 76.8 Å². The number of aryl methyl sites for hydroxylation is 2. The molecular weight excluding hydrogens is 1250 g/mol. The Morgan fingerprint density at radius 3 is 1.94 bits per heavy atom. The van der Waals surface area contributed by atoms with Gasteiger partial charge in [0.15, 0.2) is 5.78 Å². The van der Waals surface area contributed by atoms with Crippen molar-refractivity contribution in [1.82, 2.24) is 46.2 Å². The predicted molar refractivity (Wildman–Crippen MR) is 364 cm³/mol. The molecule has 1 fully saturated rings. The first-order chi connectivity index (χ1) is 45.7. The Morgan fingerprint density at radius 2 is 1.37 bits per heavy atom. The van der Waals surface area contributed by atoms with E-state index in [-0.39, 0.29) is 118 Å². The molecule has 2 heterocycles. The molecule has 538 valence electrons. The number of anilines is 1. The van der Waals surface area contributed by atoms with Crippen LogP contribution in [0.1, 0.15) is 147 Å². The average molecular weight is 1360 g/mol. The Kier molecular flexibility index (Phi) is 32.8. The van der Waals surface area contributed by atoms with Gasteiger partial charge in [0.05, 0.1) is 55.8 Å². The van der Waals surface area contributed by atoms with Crippen LogP contribution in [0.3, 0.4) is 0 Å². The maximum atomic E-state index is 15.1. The van der Waals surface area contributed by atoms with E-state index in [0.717, 1.165) is 16.0 Å². The number of likely N-dealkylation sites (tertiary alicyclic amines) is 1. The number of primary amides is 1. The molecule has 0 saturated carbocycles. The Labute approximate surface area is 571 Å². The number of ether oxygens (including phenoxy) is 4. The molecule has 0 aromatic heterocycles. The van der Waals surface area contributed by atoms with E-state index in [2.05, 4.69) is 31.9 Å². The summed E-state index contributed by atoms with van der Waals surface area (Å²) in [6.07, 6.45) is 0.674. The standard InChI is InChI=1S/C70H107N11O16/c1-17-44(9)62(79(14)68(91)60(41(4)5)77-67(90)61(42(6)7)78(12)13)54(94-15)36-58(86)81-38-49(35-52(81)63(95-16)46(11)64(87)73-37-53(82)50-29-24-43(8)34-45(50)10)97-70(93)96-39-47-25-27-48(28-26-47)74-65(88)51(22-21-32-72-69(71)92)75-66(89)59(40(2)3)76-55(83)23-19-18-20-33-80-56(84)30-31-57(80)85/h24-31,34,40-42,44,46,49,51-52,54,59-63H,17-23,32-33,35-39H2,1-16H3,(H,73,87)(H,74,88)(H,75,89)(H,76,83)(H,77,90)(H3,71,72,92)/t44-,46+,49-,51?,52-,54+,59-,60-,61-,62-,63+/m0/s1.